The lowest BCUT2D eigenvalue weighted by atomic mass is 10.0. The molecule has 9 nitrogen and oxygen atoms in total. The van der Waals surface area contributed by atoms with Crippen molar-refractivity contribution in [1.29, 1.82) is 0 Å². The summed E-state index contributed by atoms with van der Waals surface area (Å²) in [5.74, 6) is -0.551. The molecular formula is C65H123N2O7P. The predicted molar refractivity (Wildman–Crippen MR) is 321 cm³/mol. The first-order valence-corrected chi connectivity index (χ1v) is 33.4. The molecule has 0 aromatic heterocycles. The van der Waals surface area contributed by atoms with Crippen molar-refractivity contribution in [3.05, 3.63) is 48.6 Å². The SMILES string of the molecule is CCCCC/C=C\C/C=C\CCCCCCCCCCCCCCCC(=O)OC(/C=C\CCCCCCCCCCCC)C(COP(=O)([O-])OCC[N+](C)(C)C)NC(=O)CCCCC/C=C\CCCCCCCCC. The molecule has 0 spiro atoms. The van der Waals surface area contributed by atoms with E-state index in [1.807, 2.05) is 33.3 Å². The molecule has 0 aliphatic carbocycles. The average Bonchev–Trinajstić information content (AvgIpc) is 3.37. The number of rotatable bonds is 58. The van der Waals surface area contributed by atoms with Crippen LogP contribution in [0.15, 0.2) is 48.6 Å². The number of carbonyl (C=O) groups excluding carboxylic acids is 2. The maximum Gasteiger partial charge on any atom is 0.306 e. The molecule has 0 bridgehead atoms. The number of allylic oxidation sites excluding steroid dienone is 7. The molecule has 0 aromatic carbocycles. The number of phosphoric acid groups is 1. The molecule has 75 heavy (non-hydrogen) atoms. The Kier molecular flexibility index (Phi) is 53.8. The number of amides is 1. The van der Waals surface area contributed by atoms with Crippen LogP contribution in [0.5, 0.6) is 0 Å². The highest BCUT2D eigenvalue weighted by molar-refractivity contribution is 7.45. The molecule has 0 aliphatic rings. The summed E-state index contributed by atoms with van der Waals surface area (Å²) in [5, 5.41) is 3.02. The Hall–Kier alpha value is -2.03. The Labute approximate surface area is 465 Å². The van der Waals surface area contributed by atoms with Crippen LogP contribution in [0, 0.1) is 0 Å². The molecule has 0 radical (unpaired) electrons. The Bertz CT molecular complexity index is 1420. The summed E-state index contributed by atoms with van der Waals surface area (Å²) in [6.07, 6.45) is 67.9. The number of likely N-dealkylation sites (N-methyl/N-ethyl adjacent to an activating group) is 1. The van der Waals surface area contributed by atoms with Gasteiger partial charge >= 0.3 is 5.97 Å². The molecule has 0 saturated heterocycles. The highest BCUT2D eigenvalue weighted by atomic mass is 31.2. The fraction of sp³-hybridized carbons (Fsp3) is 0.846. The molecule has 3 atom stereocenters. The number of hydrogen-bond donors (Lipinski definition) is 1. The van der Waals surface area contributed by atoms with Gasteiger partial charge in [0.15, 0.2) is 0 Å². The second-order valence-corrected chi connectivity index (χ2v) is 24.3. The lowest BCUT2D eigenvalue weighted by Crippen LogP contribution is -2.47. The minimum atomic E-state index is -4.70. The third kappa shape index (κ3) is 56.5. The van der Waals surface area contributed by atoms with Gasteiger partial charge in [0.1, 0.15) is 19.3 Å². The van der Waals surface area contributed by atoms with Crippen LogP contribution >= 0.6 is 7.82 Å². The number of quaternary nitrogens is 1. The molecule has 1 amide bonds. The van der Waals surface area contributed by atoms with Crippen LogP contribution in [-0.2, 0) is 27.9 Å². The van der Waals surface area contributed by atoms with Crippen molar-refractivity contribution in [2.75, 3.05) is 40.9 Å². The zero-order valence-electron chi connectivity index (χ0n) is 50.3. The Morgan fingerprint density at radius 3 is 1.25 bits per heavy atom. The van der Waals surface area contributed by atoms with Gasteiger partial charge in [0.05, 0.1) is 33.8 Å². The van der Waals surface area contributed by atoms with Crippen LogP contribution < -0.4 is 10.2 Å². The first-order valence-electron chi connectivity index (χ1n) is 31.9. The number of esters is 1. The maximum atomic E-state index is 13.5. The van der Waals surface area contributed by atoms with Gasteiger partial charge in [-0.25, -0.2) is 0 Å². The van der Waals surface area contributed by atoms with Gasteiger partial charge in [0.2, 0.25) is 5.91 Å². The number of hydrogen-bond acceptors (Lipinski definition) is 7. The van der Waals surface area contributed by atoms with E-state index < -0.39 is 26.6 Å². The molecule has 10 heteroatoms. The standard InChI is InChI=1S/C65H123N2O7P/c1-7-10-13-16-19-22-25-28-30-31-32-33-34-35-36-37-38-40-43-46-49-52-55-58-65(69)74-63(56-53-50-47-44-41-27-24-21-18-15-12-9-3)62(61-73-75(70,71)72-60-59-67(4,5)6)66-64(68)57-54-51-48-45-42-39-29-26-23-20-17-14-11-8-2/h19,22,28,30,39,42,53,56,62-63H,7-18,20-21,23-27,29,31-38,40-41,43-52,54-55,57-61H2,1-6H3,(H-,66,68,70,71)/b22-19-,30-28-,42-39-,56-53-. The quantitative estimate of drug-likeness (QED) is 0.0212. The van der Waals surface area contributed by atoms with E-state index in [9.17, 15) is 19.0 Å². The van der Waals surface area contributed by atoms with E-state index in [0.29, 0.717) is 17.4 Å². The molecular weight excluding hydrogens is 952 g/mol. The Balaban J connectivity index is 5.15. The zero-order valence-corrected chi connectivity index (χ0v) is 51.2. The van der Waals surface area contributed by atoms with E-state index in [0.717, 1.165) is 77.0 Å². The summed E-state index contributed by atoms with van der Waals surface area (Å²) in [6.45, 7) is 6.83. The third-order valence-electron chi connectivity index (χ3n) is 14.2. The third-order valence-corrected chi connectivity index (χ3v) is 15.2. The highest BCUT2D eigenvalue weighted by Crippen LogP contribution is 2.38. The summed E-state index contributed by atoms with van der Waals surface area (Å²) in [6, 6.07) is -0.894. The van der Waals surface area contributed by atoms with Gasteiger partial charge in [0, 0.05) is 12.8 Å². The topological polar surface area (TPSA) is 114 Å². The lowest BCUT2D eigenvalue weighted by molar-refractivity contribution is -0.870. The second-order valence-electron chi connectivity index (χ2n) is 22.9. The van der Waals surface area contributed by atoms with Crippen LogP contribution in [-0.4, -0.2) is 69.4 Å². The smallest absolute Gasteiger partial charge is 0.306 e. The van der Waals surface area contributed by atoms with Gasteiger partial charge in [-0.15, -0.1) is 0 Å². The van der Waals surface area contributed by atoms with Crippen molar-refractivity contribution in [2.24, 2.45) is 0 Å². The van der Waals surface area contributed by atoms with Crippen molar-refractivity contribution in [1.82, 2.24) is 5.32 Å². The Morgan fingerprint density at radius 2 is 0.813 bits per heavy atom. The van der Waals surface area contributed by atoms with E-state index in [1.165, 1.54) is 193 Å². The molecule has 1 N–H and O–H groups in total. The van der Waals surface area contributed by atoms with E-state index in [-0.39, 0.29) is 24.9 Å². The molecule has 0 rings (SSSR count). The van der Waals surface area contributed by atoms with Gasteiger partial charge in [0.25, 0.3) is 7.82 Å². The number of phosphoric ester groups is 1. The van der Waals surface area contributed by atoms with Gasteiger partial charge in [-0.2, -0.15) is 0 Å². The van der Waals surface area contributed by atoms with Gasteiger partial charge in [-0.1, -0.05) is 250 Å². The molecule has 0 heterocycles. The average molecular weight is 1080 g/mol. The van der Waals surface area contributed by atoms with E-state index in [2.05, 4.69) is 62.5 Å². The first kappa shape index (κ1) is 73.0. The van der Waals surface area contributed by atoms with Crippen LogP contribution in [0.25, 0.3) is 0 Å². The van der Waals surface area contributed by atoms with E-state index in [1.54, 1.807) is 0 Å². The predicted octanol–water partition coefficient (Wildman–Crippen LogP) is 19.0. The van der Waals surface area contributed by atoms with Crippen molar-refractivity contribution < 1.29 is 37.3 Å². The minimum absolute atomic E-state index is 0.0242. The molecule has 440 valence electrons. The van der Waals surface area contributed by atoms with E-state index in [4.69, 9.17) is 13.8 Å². The Morgan fingerprint density at radius 1 is 0.467 bits per heavy atom. The zero-order chi connectivity index (χ0) is 55.0. The van der Waals surface area contributed by atoms with Crippen molar-refractivity contribution >= 4 is 19.7 Å². The van der Waals surface area contributed by atoms with Gasteiger partial charge < -0.3 is 28.5 Å². The van der Waals surface area contributed by atoms with Crippen molar-refractivity contribution in [2.45, 2.75) is 315 Å². The fourth-order valence-corrected chi connectivity index (χ4v) is 9.98. The van der Waals surface area contributed by atoms with Crippen LogP contribution in [0.1, 0.15) is 303 Å². The monoisotopic (exact) mass is 1070 g/mol. The summed E-state index contributed by atoms with van der Waals surface area (Å²) in [7, 11) is 1.18. The number of ether oxygens (including phenoxy) is 1. The van der Waals surface area contributed by atoms with E-state index >= 15 is 0 Å². The second kappa shape index (κ2) is 55.3. The van der Waals surface area contributed by atoms with Gasteiger partial charge in [-0.05, 0) is 89.5 Å². The molecule has 0 fully saturated rings. The number of nitrogens with one attached hydrogen (secondary N) is 1. The molecule has 0 aliphatic heterocycles. The first-order chi connectivity index (χ1) is 36.4. The summed E-state index contributed by atoms with van der Waals surface area (Å²) in [4.78, 5) is 40.0. The van der Waals surface area contributed by atoms with Crippen LogP contribution in [0.2, 0.25) is 0 Å². The number of carbonyl (C=O) groups is 2. The highest BCUT2D eigenvalue weighted by Gasteiger charge is 2.27. The molecule has 0 saturated carbocycles. The summed E-state index contributed by atoms with van der Waals surface area (Å²) in [5.41, 5.74) is 0. The van der Waals surface area contributed by atoms with Crippen LogP contribution in [0.4, 0.5) is 0 Å². The number of unbranched alkanes of at least 4 members (excludes halogenated alkanes) is 36. The lowest BCUT2D eigenvalue weighted by Gasteiger charge is -2.30. The summed E-state index contributed by atoms with van der Waals surface area (Å²) >= 11 is 0. The van der Waals surface area contributed by atoms with Gasteiger partial charge in [-0.3, -0.25) is 14.2 Å². The molecule has 0 aromatic rings. The van der Waals surface area contributed by atoms with Crippen LogP contribution in [0.3, 0.4) is 0 Å². The number of nitrogens with zero attached hydrogens (tertiary/aromatic N) is 1. The largest absolute Gasteiger partial charge is 0.756 e. The summed E-state index contributed by atoms with van der Waals surface area (Å²) < 4.78 is 30.3. The fourth-order valence-electron chi connectivity index (χ4n) is 9.25. The maximum absolute atomic E-state index is 13.5. The molecule has 3 unspecified atom stereocenters. The normalized spacial score (nSPS) is 14.0. The minimum Gasteiger partial charge on any atom is -0.756 e. The van der Waals surface area contributed by atoms with Crippen molar-refractivity contribution in [3.8, 4) is 0 Å². The van der Waals surface area contributed by atoms with Crippen molar-refractivity contribution in [3.63, 3.8) is 0 Å².